The molecular formula is C23H27NO6S. The summed E-state index contributed by atoms with van der Waals surface area (Å²) in [5.41, 5.74) is 2.06. The summed E-state index contributed by atoms with van der Waals surface area (Å²) in [5, 5.41) is 11.7. The van der Waals surface area contributed by atoms with Gasteiger partial charge in [0.1, 0.15) is 18.5 Å². The smallest absolute Gasteiger partial charge is 0.264 e. The average Bonchev–Trinajstić information content (AvgIpc) is 3.20. The van der Waals surface area contributed by atoms with E-state index in [-0.39, 0.29) is 18.4 Å². The van der Waals surface area contributed by atoms with Gasteiger partial charge in [-0.15, -0.1) is 0 Å². The Labute approximate surface area is 182 Å². The van der Waals surface area contributed by atoms with Gasteiger partial charge >= 0.3 is 0 Å². The van der Waals surface area contributed by atoms with E-state index in [1.165, 1.54) is 0 Å². The summed E-state index contributed by atoms with van der Waals surface area (Å²) in [6.07, 6.45) is 0.930. The maximum atomic E-state index is 13.5. The Hall–Kier alpha value is -2.42. The predicted molar refractivity (Wildman–Crippen MR) is 116 cm³/mol. The van der Waals surface area contributed by atoms with Gasteiger partial charge in [0.15, 0.2) is 5.60 Å². The predicted octanol–water partition coefficient (Wildman–Crippen LogP) is 2.67. The van der Waals surface area contributed by atoms with Gasteiger partial charge in [0.2, 0.25) is 0 Å². The molecule has 7 nitrogen and oxygen atoms in total. The first-order chi connectivity index (χ1) is 14.5. The molecule has 2 aromatic carbocycles. The Morgan fingerprint density at radius 2 is 1.97 bits per heavy atom. The Kier molecular flexibility index (Phi) is 5.36. The van der Waals surface area contributed by atoms with Crippen molar-refractivity contribution >= 4 is 21.7 Å². The van der Waals surface area contributed by atoms with E-state index in [0.717, 1.165) is 22.9 Å². The fourth-order valence-corrected chi connectivity index (χ4v) is 4.86. The summed E-state index contributed by atoms with van der Waals surface area (Å²) in [6.45, 7) is 5.74. The zero-order valence-electron chi connectivity index (χ0n) is 18.1. The quantitative estimate of drug-likeness (QED) is 0.687. The van der Waals surface area contributed by atoms with Gasteiger partial charge in [-0.1, -0.05) is 50.2 Å². The van der Waals surface area contributed by atoms with Crippen molar-refractivity contribution in [1.82, 2.24) is 0 Å². The standard InChI is InChI=1S/C23H27NO6S/c1-14(2)23(26)19-20(24(22(23)25)12-16-8-6-5-7-9-16)15(3)10-17-11-18(30-21(17)19)13-29-31(4,27)28/h5-10,14,18,26H,11-13H2,1-4H3. The lowest BCUT2D eigenvalue weighted by Crippen LogP contribution is -2.43. The largest absolute Gasteiger partial charge is 0.487 e. The summed E-state index contributed by atoms with van der Waals surface area (Å²) in [4.78, 5) is 15.2. The number of carbonyl (C=O) groups is 1. The molecule has 2 heterocycles. The number of hydrogen-bond donors (Lipinski definition) is 1. The van der Waals surface area contributed by atoms with E-state index in [0.29, 0.717) is 30.0 Å². The van der Waals surface area contributed by atoms with Crippen molar-refractivity contribution in [2.75, 3.05) is 17.8 Å². The van der Waals surface area contributed by atoms with E-state index in [9.17, 15) is 18.3 Å². The van der Waals surface area contributed by atoms with Crippen LogP contribution in [-0.4, -0.2) is 38.4 Å². The number of amides is 1. The van der Waals surface area contributed by atoms with E-state index in [1.807, 2.05) is 57.2 Å². The molecular weight excluding hydrogens is 418 g/mol. The Balaban J connectivity index is 1.78. The van der Waals surface area contributed by atoms with Crippen molar-refractivity contribution in [3.8, 4) is 5.75 Å². The highest BCUT2D eigenvalue weighted by atomic mass is 32.2. The van der Waals surface area contributed by atoms with Crippen molar-refractivity contribution in [3.63, 3.8) is 0 Å². The van der Waals surface area contributed by atoms with Gasteiger partial charge < -0.3 is 14.7 Å². The first-order valence-corrected chi connectivity index (χ1v) is 12.1. The van der Waals surface area contributed by atoms with E-state index in [2.05, 4.69) is 0 Å². The Bertz CT molecular complexity index is 1130. The first kappa shape index (κ1) is 21.8. The van der Waals surface area contributed by atoms with E-state index in [1.54, 1.807) is 4.90 Å². The maximum absolute atomic E-state index is 13.5. The molecule has 4 rings (SSSR count). The van der Waals surface area contributed by atoms with Crippen LogP contribution >= 0.6 is 0 Å². The van der Waals surface area contributed by atoms with Crippen LogP contribution in [0, 0.1) is 12.8 Å². The number of rotatable bonds is 6. The van der Waals surface area contributed by atoms with Crippen LogP contribution in [0.15, 0.2) is 36.4 Å². The highest BCUT2D eigenvalue weighted by molar-refractivity contribution is 7.85. The molecule has 0 aliphatic carbocycles. The van der Waals surface area contributed by atoms with E-state index < -0.39 is 21.8 Å². The van der Waals surface area contributed by atoms with Gasteiger partial charge in [0, 0.05) is 6.42 Å². The third-order valence-electron chi connectivity index (χ3n) is 5.96. The SMILES string of the molecule is Cc1cc2c(c3c1N(Cc1ccccc1)C(=O)C3(O)C(C)C)OC(COS(C)(=O)=O)C2. The summed E-state index contributed by atoms with van der Waals surface area (Å²) < 4.78 is 33.8. The third-order valence-corrected chi connectivity index (χ3v) is 6.53. The molecule has 0 bridgehead atoms. The monoisotopic (exact) mass is 445 g/mol. The van der Waals surface area contributed by atoms with E-state index >= 15 is 0 Å². The molecule has 1 N–H and O–H groups in total. The lowest BCUT2D eigenvalue weighted by Gasteiger charge is -2.27. The second-order valence-electron chi connectivity index (χ2n) is 8.64. The zero-order chi connectivity index (χ0) is 22.6. The van der Waals surface area contributed by atoms with Gasteiger partial charge in [0.25, 0.3) is 16.0 Å². The molecule has 2 aliphatic rings. The molecule has 0 spiro atoms. The number of hydrogen-bond acceptors (Lipinski definition) is 6. The van der Waals surface area contributed by atoms with Gasteiger partial charge in [-0.05, 0) is 29.5 Å². The molecule has 0 saturated carbocycles. The minimum atomic E-state index is -3.60. The number of carbonyl (C=O) groups excluding carboxylic acids is 1. The van der Waals surface area contributed by atoms with Gasteiger partial charge in [-0.25, -0.2) is 0 Å². The fraction of sp³-hybridized carbons (Fsp3) is 0.435. The van der Waals surface area contributed by atoms with Crippen LogP contribution in [0.3, 0.4) is 0 Å². The molecule has 2 atom stereocenters. The Morgan fingerprint density at radius 1 is 1.29 bits per heavy atom. The van der Waals surface area contributed by atoms with Crippen LogP contribution in [0.1, 0.15) is 36.1 Å². The highest BCUT2D eigenvalue weighted by Crippen LogP contribution is 2.54. The molecule has 8 heteroatoms. The van der Waals surface area contributed by atoms with Crippen LogP contribution in [0.2, 0.25) is 0 Å². The van der Waals surface area contributed by atoms with Crippen LogP contribution < -0.4 is 9.64 Å². The lowest BCUT2D eigenvalue weighted by molar-refractivity contribution is -0.141. The molecule has 2 unspecified atom stereocenters. The molecule has 2 aliphatic heterocycles. The zero-order valence-corrected chi connectivity index (χ0v) is 18.9. The van der Waals surface area contributed by atoms with Gasteiger partial charge in [-0.2, -0.15) is 8.42 Å². The molecule has 1 amide bonds. The van der Waals surface area contributed by atoms with Crippen molar-refractivity contribution < 1.29 is 27.2 Å². The molecule has 0 saturated heterocycles. The molecule has 0 fully saturated rings. The minimum Gasteiger partial charge on any atom is -0.487 e. The Morgan fingerprint density at radius 3 is 2.58 bits per heavy atom. The van der Waals surface area contributed by atoms with Crippen LogP contribution in [0.4, 0.5) is 5.69 Å². The van der Waals surface area contributed by atoms with Crippen molar-refractivity contribution in [3.05, 3.63) is 58.7 Å². The molecule has 0 radical (unpaired) electrons. The van der Waals surface area contributed by atoms with Crippen LogP contribution in [0.5, 0.6) is 5.75 Å². The second kappa shape index (κ2) is 7.62. The number of aryl methyl sites for hydroxylation is 1. The fourth-order valence-electron chi connectivity index (χ4n) is 4.46. The van der Waals surface area contributed by atoms with Crippen molar-refractivity contribution in [2.45, 2.75) is 45.4 Å². The van der Waals surface area contributed by atoms with Gasteiger partial charge in [-0.3, -0.25) is 8.98 Å². The summed E-state index contributed by atoms with van der Waals surface area (Å²) >= 11 is 0. The maximum Gasteiger partial charge on any atom is 0.264 e. The third kappa shape index (κ3) is 3.73. The number of anilines is 1. The lowest BCUT2D eigenvalue weighted by atomic mass is 9.82. The topological polar surface area (TPSA) is 93.1 Å². The van der Waals surface area contributed by atoms with Crippen molar-refractivity contribution in [1.29, 1.82) is 0 Å². The summed E-state index contributed by atoms with van der Waals surface area (Å²) in [7, 11) is -3.60. The van der Waals surface area contributed by atoms with Gasteiger partial charge in [0.05, 0.1) is 24.1 Å². The number of ether oxygens (including phenoxy) is 1. The molecule has 31 heavy (non-hydrogen) atoms. The number of nitrogens with zero attached hydrogens (tertiary/aromatic N) is 1. The first-order valence-electron chi connectivity index (χ1n) is 10.3. The molecule has 166 valence electrons. The van der Waals surface area contributed by atoms with Crippen LogP contribution in [-0.2, 0) is 37.7 Å². The number of fused-ring (bicyclic) bond motifs is 3. The molecule has 0 aromatic heterocycles. The minimum absolute atomic E-state index is 0.122. The average molecular weight is 446 g/mol. The molecule has 2 aromatic rings. The normalized spacial score (nSPS) is 22.6. The highest BCUT2D eigenvalue weighted by Gasteiger charge is 2.55. The van der Waals surface area contributed by atoms with Crippen LogP contribution in [0.25, 0.3) is 0 Å². The van der Waals surface area contributed by atoms with E-state index in [4.69, 9.17) is 8.92 Å². The summed E-state index contributed by atoms with van der Waals surface area (Å²) in [6, 6.07) is 11.6. The number of aliphatic hydroxyl groups is 1. The van der Waals surface area contributed by atoms with Crippen molar-refractivity contribution in [2.24, 2.45) is 5.92 Å². The number of benzene rings is 2. The summed E-state index contributed by atoms with van der Waals surface area (Å²) in [5.74, 6) is -0.305. The second-order valence-corrected chi connectivity index (χ2v) is 10.3.